The van der Waals surface area contributed by atoms with Crippen molar-refractivity contribution < 1.29 is 9.59 Å². The van der Waals surface area contributed by atoms with Crippen LogP contribution in [0, 0.1) is 0 Å². The Labute approximate surface area is 176 Å². The molecule has 0 spiro atoms. The second-order valence-corrected chi connectivity index (χ2v) is 7.90. The molecule has 2 aromatic rings. The van der Waals surface area contributed by atoms with Crippen LogP contribution >= 0.6 is 11.6 Å². The van der Waals surface area contributed by atoms with Gasteiger partial charge < -0.3 is 19.7 Å². The number of halogens is 1. The lowest BCUT2D eigenvalue weighted by Gasteiger charge is -2.32. The number of fused-ring (bicyclic) bond motifs is 1. The van der Waals surface area contributed by atoms with Gasteiger partial charge in [-0.25, -0.2) is 4.98 Å². The highest BCUT2D eigenvalue weighted by Crippen LogP contribution is 2.25. The number of hydrogen-bond donors (Lipinski definition) is 1. The summed E-state index contributed by atoms with van der Waals surface area (Å²) in [5, 5.41) is 3.31. The first-order valence-corrected chi connectivity index (χ1v) is 9.91. The Morgan fingerprint density at radius 2 is 2.07 bits per heavy atom. The first kappa shape index (κ1) is 21.1. The maximum Gasteiger partial charge on any atom is 0.273 e. The van der Waals surface area contributed by atoms with Crippen LogP contribution in [0.5, 0.6) is 0 Å². The Hall–Kier alpha value is -2.64. The van der Waals surface area contributed by atoms with Crippen LogP contribution in [-0.2, 0) is 11.3 Å². The van der Waals surface area contributed by atoms with Gasteiger partial charge in [0.25, 0.3) is 5.91 Å². The van der Waals surface area contributed by atoms with Gasteiger partial charge in [-0.3, -0.25) is 9.59 Å². The molecule has 1 aromatic heterocycles. The Morgan fingerprint density at radius 1 is 1.34 bits per heavy atom. The van der Waals surface area contributed by atoms with Gasteiger partial charge in [-0.1, -0.05) is 29.8 Å². The largest absolute Gasteiger partial charge is 0.330 e. The van der Waals surface area contributed by atoms with E-state index in [0.29, 0.717) is 35.3 Å². The number of benzene rings is 1. The van der Waals surface area contributed by atoms with Gasteiger partial charge in [-0.05, 0) is 40.1 Å². The summed E-state index contributed by atoms with van der Waals surface area (Å²) < 4.78 is 1.89. The van der Waals surface area contributed by atoms with E-state index >= 15 is 0 Å². The fourth-order valence-electron chi connectivity index (χ4n) is 3.23. The number of imidazole rings is 1. The summed E-state index contributed by atoms with van der Waals surface area (Å²) in [7, 11) is 3.93. The number of aromatic nitrogens is 2. The first-order valence-electron chi connectivity index (χ1n) is 9.53. The Bertz CT molecular complexity index is 937. The molecule has 2 atom stereocenters. The van der Waals surface area contributed by atoms with Gasteiger partial charge >= 0.3 is 0 Å². The highest BCUT2D eigenvalue weighted by atomic mass is 35.5. The van der Waals surface area contributed by atoms with Crippen LogP contribution in [0.4, 0.5) is 5.69 Å². The number of nitrogens with zero attached hydrogens (tertiary/aromatic N) is 4. The maximum absolute atomic E-state index is 12.8. The summed E-state index contributed by atoms with van der Waals surface area (Å²) in [4.78, 5) is 33.5. The zero-order chi connectivity index (χ0) is 21.1. The van der Waals surface area contributed by atoms with Crippen molar-refractivity contribution in [3.05, 3.63) is 59.2 Å². The normalized spacial score (nSPS) is 17.4. The molecule has 1 N–H and O–H groups in total. The molecule has 1 aromatic carbocycles. The SMILES string of the molecule is CC(/C=C/C(=O)N1Cc2ncc(C(=O)Nc3ccccc3Cl)n2[C@@H](C)C1)N(C)C. The van der Waals surface area contributed by atoms with Gasteiger partial charge in [0.05, 0.1) is 29.5 Å². The Morgan fingerprint density at radius 3 is 2.76 bits per heavy atom. The molecule has 0 radical (unpaired) electrons. The monoisotopic (exact) mass is 415 g/mol. The quantitative estimate of drug-likeness (QED) is 0.761. The molecule has 2 heterocycles. The van der Waals surface area contributed by atoms with E-state index in [1.807, 2.05) is 49.6 Å². The Kier molecular flexibility index (Phi) is 6.39. The van der Waals surface area contributed by atoms with Crippen LogP contribution in [0.25, 0.3) is 0 Å². The molecule has 7 nitrogen and oxygen atoms in total. The number of amides is 2. The van der Waals surface area contributed by atoms with E-state index in [1.165, 1.54) is 0 Å². The van der Waals surface area contributed by atoms with Crippen LogP contribution < -0.4 is 5.32 Å². The zero-order valence-electron chi connectivity index (χ0n) is 17.1. The van der Waals surface area contributed by atoms with Gasteiger partial charge in [0, 0.05) is 18.7 Å². The molecule has 0 bridgehead atoms. The average Bonchev–Trinajstić information content (AvgIpc) is 3.12. The number of carbonyl (C=O) groups excluding carboxylic acids is 2. The molecule has 8 heteroatoms. The number of carbonyl (C=O) groups is 2. The molecule has 3 rings (SSSR count). The van der Waals surface area contributed by atoms with Crippen molar-refractivity contribution in [3.63, 3.8) is 0 Å². The lowest BCUT2D eigenvalue weighted by Crippen LogP contribution is -2.40. The topological polar surface area (TPSA) is 70.5 Å². The van der Waals surface area contributed by atoms with E-state index in [9.17, 15) is 9.59 Å². The van der Waals surface area contributed by atoms with Crippen LogP contribution in [-0.4, -0.2) is 57.8 Å². The third-order valence-electron chi connectivity index (χ3n) is 5.13. The lowest BCUT2D eigenvalue weighted by atomic mass is 10.2. The number of para-hydroxylation sites is 1. The van der Waals surface area contributed by atoms with E-state index in [-0.39, 0.29) is 23.9 Å². The van der Waals surface area contributed by atoms with Crippen molar-refractivity contribution >= 4 is 29.1 Å². The van der Waals surface area contributed by atoms with Crippen LogP contribution in [0.2, 0.25) is 5.02 Å². The summed E-state index contributed by atoms with van der Waals surface area (Å²) in [6.45, 7) is 4.88. The lowest BCUT2D eigenvalue weighted by molar-refractivity contribution is -0.128. The number of nitrogens with one attached hydrogen (secondary N) is 1. The van der Waals surface area contributed by atoms with Gasteiger partial charge in [-0.2, -0.15) is 0 Å². The van der Waals surface area contributed by atoms with Crippen molar-refractivity contribution in [3.8, 4) is 0 Å². The summed E-state index contributed by atoms with van der Waals surface area (Å²) in [5.74, 6) is 0.362. The van der Waals surface area contributed by atoms with Gasteiger partial charge in [0.2, 0.25) is 5.91 Å². The molecular formula is C21H26ClN5O2. The second-order valence-electron chi connectivity index (χ2n) is 7.49. The van der Waals surface area contributed by atoms with Crippen LogP contribution in [0.3, 0.4) is 0 Å². The first-order chi connectivity index (χ1) is 13.8. The van der Waals surface area contributed by atoms with Crippen molar-refractivity contribution in [1.29, 1.82) is 0 Å². The fourth-order valence-corrected chi connectivity index (χ4v) is 3.41. The molecule has 2 amide bonds. The molecule has 0 saturated carbocycles. The number of hydrogen-bond acceptors (Lipinski definition) is 4. The van der Waals surface area contributed by atoms with E-state index in [0.717, 1.165) is 0 Å². The van der Waals surface area contributed by atoms with E-state index in [4.69, 9.17) is 11.6 Å². The van der Waals surface area contributed by atoms with E-state index in [1.54, 1.807) is 35.4 Å². The number of anilines is 1. The van der Waals surface area contributed by atoms with E-state index < -0.39 is 0 Å². The molecule has 1 aliphatic rings. The second kappa shape index (κ2) is 8.80. The summed E-state index contributed by atoms with van der Waals surface area (Å²) >= 11 is 6.14. The molecule has 1 aliphatic heterocycles. The Balaban J connectivity index is 1.75. The van der Waals surface area contributed by atoms with Gasteiger partial charge in [0.1, 0.15) is 11.5 Å². The molecule has 0 saturated heterocycles. The smallest absolute Gasteiger partial charge is 0.273 e. The average molecular weight is 416 g/mol. The predicted molar refractivity (Wildman–Crippen MR) is 114 cm³/mol. The van der Waals surface area contributed by atoms with Crippen LogP contribution in [0.1, 0.15) is 36.2 Å². The molecule has 1 unspecified atom stereocenters. The minimum atomic E-state index is -0.275. The summed E-state index contributed by atoms with van der Waals surface area (Å²) in [6.07, 6.45) is 5.05. The molecule has 0 fully saturated rings. The van der Waals surface area contributed by atoms with Gasteiger partial charge in [-0.15, -0.1) is 0 Å². The van der Waals surface area contributed by atoms with E-state index in [2.05, 4.69) is 10.3 Å². The maximum atomic E-state index is 12.8. The number of likely N-dealkylation sites (N-methyl/N-ethyl adjacent to an activating group) is 1. The number of rotatable bonds is 5. The standard InChI is InChI=1S/C21H26ClN5O2/c1-14(25(3)4)9-10-20(28)26-12-15(2)27-18(11-23-19(27)13-26)21(29)24-17-8-6-5-7-16(17)22/h5-11,14-15H,12-13H2,1-4H3,(H,24,29)/b10-9+/t14?,15-/m0/s1. The predicted octanol–water partition coefficient (Wildman–Crippen LogP) is 3.20. The highest BCUT2D eigenvalue weighted by Gasteiger charge is 2.29. The molecule has 0 aliphatic carbocycles. The van der Waals surface area contributed by atoms with Crippen molar-refractivity contribution in [2.24, 2.45) is 0 Å². The van der Waals surface area contributed by atoms with Crippen molar-refractivity contribution in [1.82, 2.24) is 19.4 Å². The fraction of sp³-hybridized carbons (Fsp3) is 0.381. The summed E-state index contributed by atoms with van der Waals surface area (Å²) in [6, 6.07) is 7.18. The molecule has 154 valence electrons. The minimum absolute atomic E-state index is 0.0538. The van der Waals surface area contributed by atoms with Crippen molar-refractivity contribution in [2.45, 2.75) is 32.5 Å². The van der Waals surface area contributed by atoms with Gasteiger partial charge in [0.15, 0.2) is 0 Å². The molecule has 29 heavy (non-hydrogen) atoms. The van der Waals surface area contributed by atoms with Crippen LogP contribution in [0.15, 0.2) is 42.6 Å². The molecular weight excluding hydrogens is 390 g/mol. The third-order valence-corrected chi connectivity index (χ3v) is 5.46. The highest BCUT2D eigenvalue weighted by molar-refractivity contribution is 6.33. The summed E-state index contributed by atoms with van der Waals surface area (Å²) in [5.41, 5.74) is 1.01. The van der Waals surface area contributed by atoms with Crippen molar-refractivity contribution in [2.75, 3.05) is 26.0 Å². The third kappa shape index (κ3) is 4.68. The minimum Gasteiger partial charge on any atom is -0.330 e. The zero-order valence-corrected chi connectivity index (χ0v) is 17.8.